The third-order valence-electron chi connectivity index (χ3n) is 6.55. The van der Waals surface area contributed by atoms with E-state index in [9.17, 15) is 4.79 Å². The van der Waals surface area contributed by atoms with Crippen LogP contribution in [0.3, 0.4) is 0 Å². The molecule has 0 saturated carbocycles. The normalized spacial score (nSPS) is 20.3. The molecule has 180 valence electrons. The molecule has 32 heavy (non-hydrogen) atoms. The fourth-order valence-corrected chi connectivity index (χ4v) is 4.81. The number of rotatable bonds is 6. The van der Waals surface area contributed by atoms with Crippen LogP contribution < -0.4 is 4.74 Å². The molecule has 3 rings (SSSR count). The molecule has 1 aromatic carbocycles. The van der Waals surface area contributed by atoms with E-state index in [1.807, 2.05) is 40.7 Å². The summed E-state index contributed by atoms with van der Waals surface area (Å²) < 4.78 is 11.8. The Morgan fingerprint density at radius 1 is 0.969 bits per heavy atom. The summed E-state index contributed by atoms with van der Waals surface area (Å²) in [4.78, 5) is 17.5. The molecule has 0 N–H and O–H groups in total. The molecule has 2 aliphatic rings. The maximum Gasteiger partial charge on any atom is 0.326 e. The van der Waals surface area contributed by atoms with Crippen LogP contribution in [-0.4, -0.2) is 65.7 Å². The number of carbonyl (C=O) groups excluding carboxylic acids is 1. The van der Waals surface area contributed by atoms with E-state index >= 15 is 0 Å². The number of likely N-dealkylation sites (tertiary alicyclic amines) is 2. The average Bonchev–Trinajstić information content (AvgIpc) is 2.71. The van der Waals surface area contributed by atoms with Crippen LogP contribution in [0.15, 0.2) is 18.2 Å². The highest BCUT2D eigenvalue weighted by atomic mass is 35.5. The Labute approximate surface area is 203 Å². The molecule has 5 nitrogen and oxygen atoms in total. The highest BCUT2D eigenvalue weighted by molar-refractivity contribution is 6.42. The Morgan fingerprint density at radius 2 is 1.59 bits per heavy atom. The highest BCUT2D eigenvalue weighted by Gasteiger charge is 2.40. The Bertz CT molecular complexity index is 778. The van der Waals surface area contributed by atoms with Gasteiger partial charge in [0.25, 0.3) is 0 Å². The van der Waals surface area contributed by atoms with Gasteiger partial charge in [-0.3, -0.25) is 9.69 Å². The van der Waals surface area contributed by atoms with Crippen molar-refractivity contribution in [2.45, 2.75) is 77.5 Å². The third-order valence-corrected chi connectivity index (χ3v) is 7.29. The van der Waals surface area contributed by atoms with Crippen molar-refractivity contribution in [3.8, 4) is 5.75 Å². The minimum absolute atomic E-state index is 0.132. The summed E-state index contributed by atoms with van der Waals surface area (Å²) in [5, 5.41) is 1.08. The van der Waals surface area contributed by atoms with Crippen molar-refractivity contribution in [3.05, 3.63) is 28.2 Å². The van der Waals surface area contributed by atoms with Gasteiger partial charge in [-0.15, -0.1) is 0 Å². The van der Waals surface area contributed by atoms with Crippen LogP contribution in [0.4, 0.5) is 0 Å². The topological polar surface area (TPSA) is 42.0 Å². The summed E-state index contributed by atoms with van der Waals surface area (Å²) in [6.07, 6.45) is 4.49. The largest absolute Gasteiger partial charge is 0.490 e. The lowest BCUT2D eigenvalue weighted by Gasteiger charge is -2.43. The number of halogens is 2. The van der Waals surface area contributed by atoms with Gasteiger partial charge < -0.3 is 14.4 Å². The van der Waals surface area contributed by atoms with Gasteiger partial charge in [0, 0.05) is 25.7 Å². The summed E-state index contributed by atoms with van der Waals surface area (Å²) in [6, 6.07) is 5.46. The second kappa shape index (κ2) is 10.5. The summed E-state index contributed by atoms with van der Waals surface area (Å²) >= 11 is 12.1. The first-order valence-electron chi connectivity index (χ1n) is 11.8. The Hall–Kier alpha value is -1.01. The van der Waals surface area contributed by atoms with Gasteiger partial charge >= 0.3 is 5.97 Å². The van der Waals surface area contributed by atoms with Gasteiger partial charge in [-0.25, -0.2) is 0 Å². The van der Waals surface area contributed by atoms with Gasteiger partial charge in [0.05, 0.1) is 10.0 Å². The molecule has 0 spiro atoms. The van der Waals surface area contributed by atoms with Gasteiger partial charge in [0.1, 0.15) is 23.0 Å². The number of carbonyl (C=O) groups is 1. The van der Waals surface area contributed by atoms with Crippen LogP contribution in [0.5, 0.6) is 5.75 Å². The van der Waals surface area contributed by atoms with Crippen molar-refractivity contribution < 1.29 is 14.3 Å². The molecule has 2 fully saturated rings. The predicted molar refractivity (Wildman–Crippen MR) is 131 cm³/mol. The molecule has 1 aromatic rings. The summed E-state index contributed by atoms with van der Waals surface area (Å²) in [5.74, 6) is 1.33. The minimum Gasteiger partial charge on any atom is -0.490 e. The average molecular weight is 485 g/mol. The zero-order valence-corrected chi connectivity index (χ0v) is 21.6. The van der Waals surface area contributed by atoms with E-state index in [0.717, 1.165) is 64.2 Å². The van der Waals surface area contributed by atoms with Gasteiger partial charge in [0.15, 0.2) is 0 Å². The number of esters is 1. The molecule has 0 aliphatic carbocycles. The van der Waals surface area contributed by atoms with Crippen molar-refractivity contribution >= 4 is 29.2 Å². The standard InChI is InChI=1S/C25H38Cl2N2O3/c1-24(2,3)32-23(30)25(4,5)29-14-8-18(9-15-29)17-28-12-10-19(11-13-28)31-20-6-7-21(26)22(27)16-20/h6-7,16,18-19H,8-15,17H2,1-5H3. The minimum atomic E-state index is -0.585. The molecule has 2 heterocycles. The van der Waals surface area contributed by atoms with Gasteiger partial charge in [-0.2, -0.15) is 0 Å². The zero-order valence-electron chi connectivity index (χ0n) is 20.1. The molecule has 0 aromatic heterocycles. The number of benzene rings is 1. The van der Waals surface area contributed by atoms with E-state index in [0.29, 0.717) is 16.0 Å². The number of hydrogen-bond donors (Lipinski definition) is 0. The monoisotopic (exact) mass is 484 g/mol. The van der Waals surface area contributed by atoms with E-state index in [4.69, 9.17) is 32.7 Å². The van der Waals surface area contributed by atoms with Gasteiger partial charge in [0.2, 0.25) is 0 Å². The van der Waals surface area contributed by atoms with Crippen LogP contribution in [0, 0.1) is 5.92 Å². The van der Waals surface area contributed by atoms with E-state index in [2.05, 4.69) is 9.80 Å². The van der Waals surface area contributed by atoms with E-state index in [1.54, 1.807) is 12.1 Å². The maximum atomic E-state index is 12.7. The Kier molecular flexibility index (Phi) is 8.40. The number of nitrogens with zero attached hydrogens (tertiary/aromatic N) is 2. The molecule has 0 bridgehead atoms. The van der Waals surface area contributed by atoms with E-state index in [-0.39, 0.29) is 12.1 Å². The first-order valence-corrected chi connectivity index (χ1v) is 12.5. The molecule has 0 amide bonds. The molecular formula is C25H38Cl2N2O3. The van der Waals surface area contributed by atoms with Crippen LogP contribution in [0.1, 0.15) is 60.3 Å². The first kappa shape index (κ1) is 25.6. The Balaban J connectivity index is 1.40. The molecule has 0 radical (unpaired) electrons. The van der Waals surface area contributed by atoms with Crippen LogP contribution >= 0.6 is 23.2 Å². The molecule has 2 saturated heterocycles. The van der Waals surface area contributed by atoms with Gasteiger partial charge in [-0.05, 0) is 91.4 Å². The number of ether oxygens (including phenoxy) is 2. The second-order valence-corrected chi connectivity index (χ2v) is 11.5. The van der Waals surface area contributed by atoms with Crippen molar-refractivity contribution in [3.63, 3.8) is 0 Å². The second-order valence-electron chi connectivity index (χ2n) is 10.7. The summed E-state index contributed by atoms with van der Waals surface area (Å²) in [6.45, 7) is 14.8. The molecule has 7 heteroatoms. The van der Waals surface area contributed by atoms with Crippen molar-refractivity contribution in [2.24, 2.45) is 5.92 Å². The lowest BCUT2D eigenvalue weighted by atomic mass is 9.91. The first-order chi connectivity index (χ1) is 14.9. The number of hydrogen-bond acceptors (Lipinski definition) is 5. The van der Waals surface area contributed by atoms with Crippen LogP contribution in [0.25, 0.3) is 0 Å². The SMILES string of the molecule is CC(C)(C)OC(=O)C(C)(C)N1CCC(CN2CCC(Oc3ccc(Cl)c(Cl)c3)CC2)CC1. The highest BCUT2D eigenvalue weighted by Crippen LogP contribution is 2.30. The molecule has 0 unspecified atom stereocenters. The fourth-order valence-electron chi connectivity index (χ4n) is 4.52. The Morgan fingerprint density at radius 3 is 2.16 bits per heavy atom. The maximum absolute atomic E-state index is 12.7. The van der Waals surface area contributed by atoms with Crippen molar-refractivity contribution in [1.82, 2.24) is 9.80 Å². The van der Waals surface area contributed by atoms with Crippen LogP contribution in [-0.2, 0) is 9.53 Å². The molecule has 2 aliphatic heterocycles. The lowest BCUT2D eigenvalue weighted by molar-refractivity contribution is -0.169. The van der Waals surface area contributed by atoms with Crippen molar-refractivity contribution in [2.75, 3.05) is 32.7 Å². The smallest absolute Gasteiger partial charge is 0.326 e. The zero-order chi connectivity index (χ0) is 23.5. The number of piperidine rings is 2. The van der Waals surface area contributed by atoms with Crippen molar-refractivity contribution in [1.29, 1.82) is 0 Å². The predicted octanol–water partition coefficient (Wildman–Crippen LogP) is 5.67. The molecular weight excluding hydrogens is 447 g/mol. The van der Waals surface area contributed by atoms with E-state index in [1.165, 1.54) is 0 Å². The summed E-state index contributed by atoms with van der Waals surface area (Å²) in [7, 11) is 0. The third kappa shape index (κ3) is 6.99. The lowest BCUT2D eigenvalue weighted by Crippen LogP contribution is -2.55. The molecule has 0 atom stereocenters. The van der Waals surface area contributed by atoms with E-state index < -0.39 is 11.1 Å². The fraction of sp³-hybridized carbons (Fsp3) is 0.720. The quantitative estimate of drug-likeness (QED) is 0.486. The summed E-state index contributed by atoms with van der Waals surface area (Å²) in [5.41, 5.74) is -1.04. The van der Waals surface area contributed by atoms with Crippen LogP contribution in [0.2, 0.25) is 10.0 Å². The van der Waals surface area contributed by atoms with Gasteiger partial charge in [-0.1, -0.05) is 23.2 Å².